The molecule has 1 aromatic rings. The SMILES string of the molecule is O=C1CCCC(Cc2ccc(Cl)c(F)c2)C1. The average Bonchev–Trinajstić information content (AvgIpc) is 2.24. The van der Waals surface area contributed by atoms with Gasteiger partial charge in [-0.05, 0) is 42.9 Å². The molecule has 0 spiro atoms. The minimum absolute atomic E-state index is 0.156. The van der Waals surface area contributed by atoms with Gasteiger partial charge in [0.05, 0.1) is 5.02 Å². The van der Waals surface area contributed by atoms with Crippen LogP contribution in [-0.4, -0.2) is 5.78 Å². The van der Waals surface area contributed by atoms with Crippen molar-refractivity contribution in [1.82, 2.24) is 0 Å². The molecule has 1 nitrogen and oxygen atoms in total. The molecule has 3 heteroatoms. The molecule has 0 N–H and O–H groups in total. The highest BCUT2D eigenvalue weighted by Crippen LogP contribution is 2.26. The predicted octanol–water partition coefficient (Wildman–Crippen LogP) is 3.78. The van der Waals surface area contributed by atoms with Crippen LogP contribution >= 0.6 is 11.6 Å². The maximum Gasteiger partial charge on any atom is 0.142 e. The molecule has 1 unspecified atom stereocenters. The Morgan fingerprint density at radius 3 is 2.94 bits per heavy atom. The second kappa shape index (κ2) is 4.96. The van der Waals surface area contributed by atoms with Gasteiger partial charge < -0.3 is 0 Å². The monoisotopic (exact) mass is 240 g/mol. The molecule has 1 atom stereocenters. The molecule has 1 fully saturated rings. The summed E-state index contributed by atoms with van der Waals surface area (Å²) in [5, 5.41) is 0.156. The number of ketones is 1. The van der Waals surface area contributed by atoms with Gasteiger partial charge in [0.1, 0.15) is 11.6 Å². The normalized spacial score (nSPS) is 21.1. The molecule has 1 saturated carbocycles. The summed E-state index contributed by atoms with van der Waals surface area (Å²) in [4.78, 5) is 11.3. The van der Waals surface area contributed by atoms with E-state index in [1.807, 2.05) is 6.07 Å². The fourth-order valence-electron chi connectivity index (χ4n) is 2.29. The summed E-state index contributed by atoms with van der Waals surface area (Å²) >= 11 is 5.62. The number of carbonyl (C=O) groups excluding carboxylic acids is 1. The molecule has 1 aromatic carbocycles. The minimum atomic E-state index is -0.374. The van der Waals surface area contributed by atoms with Gasteiger partial charge in [0, 0.05) is 12.8 Å². The van der Waals surface area contributed by atoms with E-state index in [0.29, 0.717) is 24.5 Å². The van der Waals surface area contributed by atoms with E-state index in [0.717, 1.165) is 24.8 Å². The summed E-state index contributed by atoms with van der Waals surface area (Å²) in [5.74, 6) is 0.341. The molecular weight excluding hydrogens is 227 g/mol. The van der Waals surface area contributed by atoms with Crippen molar-refractivity contribution in [3.63, 3.8) is 0 Å². The Bertz CT molecular complexity index is 403. The van der Waals surface area contributed by atoms with Crippen LogP contribution in [0.25, 0.3) is 0 Å². The van der Waals surface area contributed by atoms with E-state index in [-0.39, 0.29) is 10.8 Å². The summed E-state index contributed by atoms with van der Waals surface area (Å²) < 4.78 is 13.2. The Morgan fingerprint density at radius 1 is 1.44 bits per heavy atom. The first-order valence-electron chi connectivity index (χ1n) is 5.61. The Balaban J connectivity index is 2.03. The molecule has 86 valence electrons. The molecular formula is C13H14ClFO. The average molecular weight is 241 g/mol. The second-order valence-electron chi connectivity index (χ2n) is 4.45. The Labute approximate surface area is 99.6 Å². The molecule has 1 aliphatic rings. The number of carbonyl (C=O) groups is 1. The van der Waals surface area contributed by atoms with E-state index in [2.05, 4.69) is 0 Å². The first kappa shape index (κ1) is 11.6. The molecule has 2 rings (SSSR count). The zero-order valence-corrected chi connectivity index (χ0v) is 9.77. The van der Waals surface area contributed by atoms with Crippen LogP contribution < -0.4 is 0 Å². The van der Waals surface area contributed by atoms with Crippen molar-refractivity contribution in [3.8, 4) is 0 Å². The van der Waals surface area contributed by atoms with E-state index in [1.165, 1.54) is 6.07 Å². The number of rotatable bonds is 2. The smallest absolute Gasteiger partial charge is 0.142 e. The molecule has 0 amide bonds. The number of hydrogen-bond donors (Lipinski definition) is 0. The molecule has 16 heavy (non-hydrogen) atoms. The maximum atomic E-state index is 13.2. The van der Waals surface area contributed by atoms with Crippen molar-refractivity contribution in [2.24, 2.45) is 5.92 Å². The van der Waals surface area contributed by atoms with Crippen LogP contribution in [0.5, 0.6) is 0 Å². The van der Waals surface area contributed by atoms with E-state index < -0.39 is 0 Å². The summed E-state index contributed by atoms with van der Waals surface area (Å²) in [6.45, 7) is 0. The third-order valence-electron chi connectivity index (χ3n) is 3.09. The van der Waals surface area contributed by atoms with Crippen LogP contribution in [0.15, 0.2) is 18.2 Å². The highest BCUT2D eigenvalue weighted by Gasteiger charge is 2.19. The van der Waals surface area contributed by atoms with Gasteiger partial charge in [-0.3, -0.25) is 4.79 Å². The zero-order chi connectivity index (χ0) is 11.5. The fourth-order valence-corrected chi connectivity index (χ4v) is 2.41. The zero-order valence-electron chi connectivity index (χ0n) is 9.01. The van der Waals surface area contributed by atoms with Crippen LogP contribution in [0.4, 0.5) is 4.39 Å². The number of Topliss-reactive ketones (excluding diaryl/α,β-unsaturated/α-hetero) is 1. The summed E-state index contributed by atoms with van der Waals surface area (Å²) in [5.41, 5.74) is 0.932. The molecule has 1 aliphatic carbocycles. The van der Waals surface area contributed by atoms with Crippen molar-refractivity contribution in [2.45, 2.75) is 32.1 Å². The van der Waals surface area contributed by atoms with Gasteiger partial charge in [-0.25, -0.2) is 4.39 Å². The van der Waals surface area contributed by atoms with Crippen molar-refractivity contribution in [2.75, 3.05) is 0 Å². The highest BCUT2D eigenvalue weighted by atomic mass is 35.5. The Hall–Kier alpha value is -0.890. The van der Waals surface area contributed by atoms with Crippen LogP contribution in [0, 0.1) is 11.7 Å². The van der Waals surface area contributed by atoms with Crippen LogP contribution in [0.2, 0.25) is 5.02 Å². The molecule has 0 radical (unpaired) electrons. The summed E-state index contributed by atoms with van der Waals surface area (Å²) in [6.07, 6.45) is 4.17. The topological polar surface area (TPSA) is 17.1 Å². The first-order valence-corrected chi connectivity index (χ1v) is 5.98. The highest BCUT2D eigenvalue weighted by molar-refractivity contribution is 6.30. The van der Waals surface area contributed by atoms with E-state index >= 15 is 0 Å². The van der Waals surface area contributed by atoms with Gasteiger partial charge in [0.25, 0.3) is 0 Å². The van der Waals surface area contributed by atoms with Crippen molar-refractivity contribution < 1.29 is 9.18 Å². The maximum absolute atomic E-state index is 13.2. The lowest BCUT2D eigenvalue weighted by molar-refractivity contribution is -0.121. The fraction of sp³-hybridized carbons (Fsp3) is 0.462. The van der Waals surface area contributed by atoms with Crippen molar-refractivity contribution in [1.29, 1.82) is 0 Å². The van der Waals surface area contributed by atoms with Gasteiger partial charge in [-0.2, -0.15) is 0 Å². The quantitative estimate of drug-likeness (QED) is 0.769. The van der Waals surface area contributed by atoms with E-state index in [4.69, 9.17) is 11.6 Å². The van der Waals surface area contributed by atoms with Gasteiger partial charge in [0.2, 0.25) is 0 Å². The molecule has 0 bridgehead atoms. The lowest BCUT2D eigenvalue weighted by Gasteiger charge is -2.20. The van der Waals surface area contributed by atoms with Crippen molar-refractivity contribution >= 4 is 17.4 Å². The second-order valence-corrected chi connectivity index (χ2v) is 4.86. The lowest BCUT2D eigenvalue weighted by Crippen LogP contribution is -2.16. The van der Waals surface area contributed by atoms with Gasteiger partial charge in [0.15, 0.2) is 0 Å². The molecule has 0 aromatic heterocycles. The molecule has 0 saturated heterocycles. The van der Waals surface area contributed by atoms with Crippen LogP contribution in [0.1, 0.15) is 31.2 Å². The first-order chi connectivity index (χ1) is 7.65. The summed E-state index contributed by atoms with van der Waals surface area (Å²) in [6, 6.07) is 4.89. The third-order valence-corrected chi connectivity index (χ3v) is 3.40. The number of halogens is 2. The van der Waals surface area contributed by atoms with Crippen LogP contribution in [0.3, 0.4) is 0 Å². The number of benzene rings is 1. The van der Waals surface area contributed by atoms with Gasteiger partial charge in [-0.15, -0.1) is 0 Å². The van der Waals surface area contributed by atoms with Gasteiger partial charge >= 0.3 is 0 Å². The standard InChI is InChI=1S/C13H14ClFO/c14-12-5-4-10(8-13(12)15)6-9-2-1-3-11(16)7-9/h4-5,8-9H,1-3,6-7H2. The van der Waals surface area contributed by atoms with Crippen molar-refractivity contribution in [3.05, 3.63) is 34.6 Å². The summed E-state index contributed by atoms with van der Waals surface area (Å²) in [7, 11) is 0. The predicted molar refractivity (Wildman–Crippen MR) is 62.1 cm³/mol. The third kappa shape index (κ3) is 2.82. The minimum Gasteiger partial charge on any atom is -0.300 e. The lowest BCUT2D eigenvalue weighted by atomic mass is 9.84. The largest absolute Gasteiger partial charge is 0.300 e. The van der Waals surface area contributed by atoms with Gasteiger partial charge in [-0.1, -0.05) is 17.7 Å². The van der Waals surface area contributed by atoms with E-state index in [1.54, 1.807) is 6.07 Å². The number of hydrogen-bond acceptors (Lipinski definition) is 1. The Morgan fingerprint density at radius 2 is 2.25 bits per heavy atom. The molecule has 0 heterocycles. The Kier molecular flexibility index (Phi) is 3.59. The van der Waals surface area contributed by atoms with Crippen LogP contribution in [-0.2, 0) is 11.2 Å². The van der Waals surface area contributed by atoms with E-state index in [9.17, 15) is 9.18 Å². The molecule has 0 aliphatic heterocycles.